The maximum atomic E-state index is 10.7. The molecule has 0 saturated carbocycles. The lowest BCUT2D eigenvalue weighted by Crippen LogP contribution is -1.96. The van der Waals surface area contributed by atoms with Crippen molar-refractivity contribution >= 4 is 40.6 Å². The van der Waals surface area contributed by atoms with Gasteiger partial charge in [0.25, 0.3) is 10.9 Å². The summed E-state index contributed by atoms with van der Waals surface area (Å²) < 4.78 is 0. The van der Waals surface area contributed by atoms with Crippen molar-refractivity contribution in [2.24, 2.45) is 0 Å². The Kier molecular flexibility index (Phi) is 4.33. The summed E-state index contributed by atoms with van der Waals surface area (Å²) in [6, 6.07) is 3.51. The molecule has 0 atom stereocenters. The number of nitro benzene ring substituents is 1. The first-order valence-electron chi connectivity index (χ1n) is 3.25. The largest absolute Gasteiger partial charge is 0.399 e. The number of carbonyl (C=O) groups excluding carboxylic acids is 1. The first-order valence-corrected chi connectivity index (χ1v) is 3.63. The SMILES string of the molecule is Cl.Nc1cc(C(=O)Cl)cc([N+](=O)[O-])c1. The molecule has 0 aliphatic rings. The highest BCUT2D eigenvalue weighted by Gasteiger charge is 2.11. The molecule has 0 fully saturated rings. The van der Waals surface area contributed by atoms with Crippen molar-refractivity contribution in [1.29, 1.82) is 0 Å². The van der Waals surface area contributed by atoms with Gasteiger partial charge in [0.05, 0.1) is 4.92 Å². The Morgan fingerprint density at radius 1 is 1.43 bits per heavy atom. The molecular weight excluding hydrogens is 231 g/mol. The minimum Gasteiger partial charge on any atom is -0.399 e. The molecule has 0 radical (unpaired) electrons. The van der Waals surface area contributed by atoms with Crippen molar-refractivity contribution in [3.8, 4) is 0 Å². The highest BCUT2D eigenvalue weighted by Crippen LogP contribution is 2.19. The molecule has 1 aromatic rings. The van der Waals surface area contributed by atoms with E-state index in [4.69, 9.17) is 17.3 Å². The molecule has 0 bridgehead atoms. The van der Waals surface area contributed by atoms with Crippen LogP contribution in [0.2, 0.25) is 0 Å². The molecule has 0 aliphatic heterocycles. The lowest BCUT2D eigenvalue weighted by molar-refractivity contribution is -0.384. The van der Waals surface area contributed by atoms with E-state index in [0.717, 1.165) is 12.1 Å². The molecule has 0 spiro atoms. The lowest BCUT2D eigenvalue weighted by atomic mass is 10.2. The summed E-state index contributed by atoms with van der Waals surface area (Å²) >= 11 is 5.13. The molecule has 7 heteroatoms. The highest BCUT2D eigenvalue weighted by molar-refractivity contribution is 6.67. The highest BCUT2D eigenvalue weighted by atomic mass is 35.5. The maximum Gasteiger partial charge on any atom is 0.272 e. The van der Waals surface area contributed by atoms with E-state index in [-0.39, 0.29) is 29.3 Å². The molecule has 1 rings (SSSR count). The predicted octanol–water partition coefficient (Wildman–Crippen LogP) is 1.98. The number of hydrogen-bond donors (Lipinski definition) is 1. The maximum absolute atomic E-state index is 10.7. The zero-order chi connectivity index (χ0) is 10.0. The molecule has 14 heavy (non-hydrogen) atoms. The van der Waals surface area contributed by atoms with Gasteiger partial charge in [-0.3, -0.25) is 14.9 Å². The molecule has 76 valence electrons. The lowest BCUT2D eigenvalue weighted by Gasteiger charge is -1.97. The van der Waals surface area contributed by atoms with Gasteiger partial charge in [0, 0.05) is 23.4 Å². The standard InChI is InChI=1S/C7H5ClN2O3.ClH/c8-7(11)4-1-5(9)3-6(2-4)10(12)13;/h1-3H,9H2;1H. The van der Waals surface area contributed by atoms with Gasteiger partial charge in [-0.1, -0.05) is 0 Å². The Labute approximate surface area is 90.4 Å². The Morgan fingerprint density at radius 3 is 2.43 bits per heavy atom. The number of nitrogens with two attached hydrogens (primary N) is 1. The third-order valence-electron chi connectivity index (χ3n) is 1.38. The smallest absolute Gasteiger partial charge is 0.272 e. The molecule has 2 N–H and O–H groups in total. The molecule has 0 amide bonds. The fourth-order valence-corrected chi connectivity index (χ4v) is 0.963. The van der Waals surface area contributed by atoms with Crippen LogP contribution < -0.4 is 5.73 Å². The number of benzene rings is 1. The van der Waals surface area contributed by atoms with Crippen LogP contribution in [0.1, 0.15) is 10.4 Å². The number of nitrogen functional groups attached to an aromatic ring is 1. The minimum absolute atomic E-state index is 0. The van der Waals surface area contributed by atoms with E-state index in [1.165, 1.54) is 6.07 Å². The summed E-state index contributed by atoms with van der Waals surface area (Å²) in [5.74, 6) is 0. The first kappa shape index (κ1) is 12.7. The fourth-order valence-electron chi connectivity index (χ4n) is 0.854. The molecule has 1 aromatic carbocycles. The van der Waals surface area contributed by atoms with Gasteiger partial charge in [0.15, 0.2) is 0 Å². The van der Waals surface area contributed by atoms with Crippen LogP contribution >= 0.6 is 24.0 Å². The Morgan fingerprint density at radius 2 is 2.00 bits per heavy atom. The van der Waals surface area contributed by atoms with E-state index in [9.17, 15) is 14.9 Å². The summed E-state index contributed by atoms with van der Waals surface area (Å²) in [4.78, 5) is 20.3. The summed E-state index contributed by atoms with van der Waals surface area (Å²) in [6.45, 7) is 0. The number of carbonyl (C=O) groups is 1. The van der Waals surface area contributed by atoms with E-state index in [2.05, 4.69) is 0 Å². The number of nitro groups is 1. The van der Waals surface area contributed by atoms with Crippen LogP contribution in [-0.4, -0.2) is 10.2 Å². The van der Waals surface area contributed by atoms with E-state index < -0.39 is 10.2 Å². The summed E-state index contributed by atoms with van der Waals surface area (Å²) in [6.07, 6.45) is 0. The van der Waals surface area contributed by atoms with Crippen LogP contribution in [0.15, 0.2) is 18.2 Å². The van der Waals surface area contributed by atoms with Gasteiger partial charge < -0.3 is 5.73 Å². The van der Waals surface area contributed by atoms with E-state index in [1.54, 1.807) is 0 Å². The first-order chi connectivity index (χ1) is 6.00. The van der Waals surface area contributed by atoms with Crippen molar-refractivity contribution in [3.05, 3.63) is 33.9 Å². The monoisotopic (exact) mass is 236 g/mol. The van der Waals surface area contributed by atoms with E-state index >= 15 is 0 Å². The Bertz CT molecular complexity index is 349. The number of hydrogen-bond acceptors (Lipinski definition) is 4. The average molecular weight is 237 g/mol. The molecule has 0 unspecified atom stereocenters. The molecule has 0 aromatic heterocycles. The Hall–Kier alpha value is -1.33. The van der Waals surface area contributed by atoms with Gasteiger partial charge in [-0.25, -0.2) is 0 Å². The minimum atomic E-state index is -0.768. The van der Waals surface area contributed by atoms with Gasteiger partial charge in [-0.15, -0.1) is 12.4 Å². The Balaban J connectivity index is 0.00000169. The van der Waals surface area contributed by atoms with Crippen LogP contribution in [0.25, 0.3) is 0 Å². The average Bonchev–Trinajstić information content (AvgIpc) is 2.03. The van der Waals surface area contributed by atoms with Gasteiger partial charge >= 0.3 is 0 Å². The van der Waals surface area contributed by atoms with Crippen LogP contribution in [0.5, 0.6) is 0 Å². The number of rotatable bonds is 2. The van der Waals surface area contributed by atoms with Gasteiger partial charge in [-0.05, 0) is 17.7 Å². The molecule has 0 heterocycles. The van der Waals surface area contributed by atoms with Gasteiger partial charge in [0.1, 0.15) is 0 Å². The number of halogens is 2. The zero-order valence-electron chi connectivity index (χ0n) is 6.77. The summed E-state index contributed by atoms with van der Waals surface area (Å²) in [7, 11) is 0. The van der Waals surface area contributed by atoms with E-state index in [1.807, 2.05) is 0 Å². The van der Waals surface area contributed by atoms with Crippen molar-refractivity contribution in [2.45, 2.75) is 0 Å². The van der Waals surface area contributed by atoms with Crippen LogP contribution in [0.3, 0.4) is 0 Å². The topological polar surface area (TPSA) is 86.2 Å². The van der Waals surface area contributed by atoms with Crippen molar-refractivity contribution in [1.82, 2.24) is 0 Å². The molecule has 0 saturated heterocycles. The fraction of sp³-hybridized carbons (Fsp3) is 0. The summed E-state index contributed by atoms with van der Waals surface area (Å²) in [5, 5.41) is 9.56. The molecular formula is C7H6Cl2N2O3. The normalized spacial score (nSPS) is 8.93. The quantitative estimate of drug-likeness (QED) is 0.368. The molecule has 0 aliphatic carbocycles. The van der Waals surface area contributed by atoms with E-state index in [0.29, 0.717) is 0 Å². The van der Waals surface area contributed by atoms with Crippen LogP contribution in [-0.2, 0) is 0 Å². The number of non-ortho nitro benzene ring substituents is 1. The third kappa shape index (κ3) is 2.86. The second-order valence-corrected chi connectivity index (χ2v) is 2.69. The van der Waals surface area contributed by atoms with Gasteiger partial charge in [-0.2, -0.15) is 0 Å². The van der Waals surface area contributed by atoms with Crippen molar-refractivity contribution in [2.75, 3.05) is 5.73 Å². The third-order valence-corrected chi connectivity index (χ3v) is 1.60. The second kappa shape index (κ2) is 4.78. The number of nitrogens with zero attached hydrogens (tertiary/aromatic N) is 1. The van der Waals surface area contributed by atoms with Crippen molar-refractivity contribution in [3.63, 3.8) is 0 Å². The second-order valence-electron chi connectivity index (χ2n) is 2.34. The number of anilines is 1. The predicted molar refractivity (Wildman–Crippen MR) is 54.9 cm³/mol. The molecule has 5 nitrogen and oxygen atoms in total. The van der Waals surface area contributed by atoms with Crippen LogP contribution in [0.4, 0.5) is 11.4 Å². The van der Waals surface area contributed by atoms with Gasteiger partial charge in [0.2, 0.25) is 0 Å². The van der Waals surface area contributed by atoms with Crippen LogP contribution in [0, 0.1) is 10.1 Å². The summed E-state index contributed by atoms with van der Waals surface area (Å²) in [5.41, 5.74) is 5.23. The zero-order valence-corrected chi connectivity index (χ0v) is 8.34. The van der Waals surface area contributed by atoms with Crippen molar-refractivity contribution < 1.29 is 9.72 Å².